The minimum Gasteiger partial charge on any atom is -0.339 e. The van der Waals surface area contributed by atoms with Crippen molar-refractivity contribution in [2.45, 2.75) is 25.9 Å². The lowest BCUT2D eigenvalue weighted by Crippen LogP contribution is -2.30. The fraction of sp³-hybridized carbons (Fsp3) is 0.273. The summed E-state index contributed by atoms with van der Waals surface area (Å²) in [6.07, 6.45) is 0. The minimum atomic E-state index is -0.150. The zero-order chi connectivity index (χ0) is 21.5. The number of hydrogen-bond acceptors (Lipinski definition) is 5. The van der Waals surface area contributed by atoms with Gasteiger partial charge in [-0.2, -0.15) is 0 Å². The fourth-order valence-electron chi connectivity index (χ4n) is 3.03. The van der Waals surface area contributed by atoms with Gasteiger partial charge >= 0.3 is 0 Å². The van der Waals surface area contributed by atoms with E-state index in [0.717, 1.165) is 11.5 Å². The van der Waals surface area contributed by atoms with Crippen molar-refractivity contribution in [1.82, 2.24) is 19.7 Å². The molecule has 1 aromatic heterocycles. The van der Waals surface area contributed by atoms with E-state index in [2.05, 4.69) is 15.5 Å². The molecular weight excluding hydrogens is 398 g/mol. The van der Waals surface area contributed by atoms with Gasteiger partial charge in [0, 0.05) is 30.0 Å². The number of aromatic nitrogens is 3. The van der Waals surface area contributed by atoms with E-state index in [9.17, 15) is 9.59 Å². The number of aryl methyl sites for hydroxylation is 1. The smallest absolute Gasteiger partial charge is 0.253 e. The van der Waals surface area contributed by atoms with Crippen molar-refractivity contribution < 1.29 is 9.59 Å². The lowest BCUT2D eigenvalue weighted by molar-refractivity contribution is -0.113. The molecule has 2 aromatic carbocycles. The van der Waals surface area contributed by atoms with Crippen molar-refractivity contribution in [1.29, 1.82) is 0 Å². The molecule has 3 aromatic rings. The van der Waals surface area contributed by atoms with Crippen LogP contribution in [0.1, 0.15) is 30.0 Å². The molecule has 1 N–H and O–H groups in total. The average Bonchev–Trinajstić information content (AvgIpc) is 3.14. The van der Waals surface area contributed by atoms with Crippen molar-refractivity contribution in [3.05, 3.63) is 66.0 Å². The first-order valence-corrected chi connectivity index (χ1v) is 10.8. The van der Waals surface area contributed by atoms with Crippen molar-refractivity contribution >= 4 is 29.3 Å². The van der Waals surface area contributed by atoms with Gasteiger partial charge in [0.1, 0.15) is 5.82 Å². The summed E-state index contributed by atoms with van der Waals surface area (Å²) >= 11 is 1.32. The van der Waals surface area contributed by atoms with Crippen molar-refractivity contribution in [3.63, 3.8) is 0 Å². The molecule has 0 fully saturated rings. The second kappa shape index (κ2) is 10.1. The number of nitrogens with one attached hydrogen (secondary N) is 1. The van der Waals surface area contributed by atoms with E-state index in [0.29, 0.717) is 29.5 Å². The fourth-order valence-corrected chi connectivity index (χ4v) is 3.82. The first kappa shape index (κ1) is 21.6. The Morgan fingerprint density at radius 2 is 1.67 bits per heavy atom. The molecule has 8 heteroatoms. The lowest BCUT2D eigenvalue weighted by Gasteiger charge is -2.18. The van der Waals surface area contributed by atoms with Crippen LogP contribution in [0.5, 0.6) is 0 Å². The standard InChI is InChI=1S/C22H25N5O2S/c1-4-26(5-2)21(29)17-11-13-18(14-12-17)23-20(28)15-30-22-25-24-16(3)27(22)19-9-7-6-8-10-19/h6-14H,4-5,15H2,1-3H3,(H,23,28). The summed E-state index contributed by atoms with van der Waals surface area (Å²) in [4.78, 5) is 26.5. The molecule has 156 valence electrons. The summed E-state index contributed by atoms with van der Waals surface area (Å²) in [5.41, 5.74) is 2.21. The number of carbonyl (C=O) groups excluding carboxylic acids is 2. The van der Waals surface area contributed by atoms with Gasteiger partial charge in [-0.05, 0) is 57.2 Å². The van der Waals surface area contributed by atoms with Gasteiger partial charge in [-0.1, -0.05) is 30.0 Å². The second-order valence-corrected chi connectivity index (χ2v) is 7.53. The van der Waals surface area contributed by atoms with Crippen LogP contribution < -0.4 is 5.32 Å². The molecule has 0 saturated carbocycles. The van der Waals surface area contributed by atoms with E-state index in [1.54, 1.807) is 29.2 Å². The summed E-state index contributed by atoms with van der Waals surface area (Å²) in [5.74, 6) is 0.801. The van der Waals surface area contributed by atoms with Crippen LogP contribution in [0.15, 0.2) is 59.8 Å². The van der Waals surface area contributed by atoms with E-state index in [4.69, 9.17) is 0 Å². The zero-order valence-electron chi connectivity index (χ0n) is 17.3. The van der Waals surface area contributed by atoms with Gasteiger partial charge in [-0.3, -0.25) is 14.2 Å². The predicted octanol–water partition coefficient (Wildman–Crippen LogP) is 3.79. The molecule has 0 unspecified atom stereocenters. The zero-order valence-corrected chi connectivity index (χ0v) is 18.1. The highest BCUT2D eigenvalue weighted by molar-refractivity contribution is 7.99. The summed E-state index contributed by atoms with van der Waals surface area (Å²) in [6.45, 7) is 7.11. The number of benzene rings is 2. The Labute approximate surface area is 180 Å². The van der Waals surface area contributed by atoms with Gasteiger partial charge in [0.15, 0.2) is 5.16 Å². The van der Waals surface area contributed by atoms with Crippen LogP contribution >= 0.6 is 11.8 Å². The maximum absolute atomic E-state index is 12.4. The Morgan fingerprint density at radius 3 is 2.30 bits per heavy atom. The van der Waals surface area contributed by atoms with Crippen molar-refractivity contribution in [3.8, 4) is 5.69 Å². The van der Waals surface area contributed by atoms with Crippen molar-refractivity contribution in [2.24, 2.45) is 0 Å². The Balaban J connectivity index is 1.60. The van der Waals surface area contributed by atoms with Gasteiger partial charge in [-0.15, -0.1) is 10.2 Å². The maximum atomic E-state index is 12.4. The molecule has 7 nitrogen and oxygen atoms in total. The third kappa shape index (κ3) is 5.07. The van der Waals surface area contributed by atoms with E-state index < -0.39 is 0 Å². The molecule has 0 aliphatic rings. The topological polar surface area (TPSA) is 80.1 Å². The number of para-hydroxylation sites is 1. The molecule has 0 saturated heterocycles. The van der Waals surface area contributed by atoms with Crippen LogP contribution in [-0.4, -0.2) is 50.3 Å². The van der Waals surface area contributed by atoms with E-state index in [-0.39, 0.29) is 17.6 Å². The van der Waals surface area contributed by atoms with Gasteiger partial charge in [-0.25, -0.2) is 0 Å². The molecule has 0 spiro atoms. The molecule has 3 rings (SSSR count). The third-order valence-electron chi connectivity index (χ3n) is 4.61. The highest BCUT2D eigenvalue weighted by Gasteiger charge is 2.14. The first-order valence-electron chi connectivity index (χ1n) is 9.82. The predicted molar refractivity (Wildman–Crippen MR) is 119 cm³/mol. The number of rotatable bonds is 8. The van der Waals surface area contributed by atoms with Crippen LogP contribution in [0.25, 0.3) is 5.69 Å². The molecule has 0 atom stereocenters. The second-order valence-electron chi connectivity index (χ2n) is 6.59. The monoisotopic (exact) mass is 423 g/mol. The molecule has 0 aliphatic heterocycles. The number of carbonyl (C=O) groups is 2. The third-order valence-corrected chi connectivity index (χ3v) is 5.54. The summed E-state index contributed by atoms with van der Waals surface area (Å²) in [6, 6.07) is 16.8. The van der Waals surface area contributed by atoms with Crippen molar-refractivity contribution in [2.75, 3.05) is 24.2 Å². The molecule has 30 heavy (non-hydrogen) atoms. The Hall–Kier alpha value is -3.13. The van der Waals surface area contributed by atoms with Crippen LogP contribution in [0, 0.1) is 6.92 Å². The Morgan fingerprint density at radius 1 is 1.00 bits per heavy atom. The number of thioether (sulfide) groups is 1. The molecular formula is C22H25N5O2S. The first-order chi connectivity index (χ1) is 14.5. The van der Waals surface area contributed by atoms with Crippen LogP contribution in [-0.2, 0) is 4.79 Å². The lowest BCUT2D eigenvalue weighted by atomic mass is 10.2. The van der Waals surface area contributed by atoms with Gasteiger partial charge in [0.25, 0.3) is 5.91 Å². The van der Waals surface area contributed by atoms with Gasteiger partial charge in [0.05, 0.1) is 5.75 Å². The Kier molecular flexibility index (Phi) is 7.24. The number of anilines is 1. The maximum Gasteiger partial charge on any atom is 0.253 e. The molecule has 2 amide bonds. The highest BCUT2D eigenvalue weighted by atomic mass is 32.2. The van der Waals surface area contributed by atoms with Crippen LogP contribution in [0.3, 0.4) is 0 Å². The summed E-state index contributed by atoms with van der Waals surface area (Å²) in [5, 5.41) is 11.8. The molecule has 0 radical (unpaired) electrons. The summed E-state index contributed by atoms with van der Waals surface area (Å²) < 4.78 is 1.92. The molecule has 1 heterocycles. The quantitative estimate of drug-likeness (QED) is 0.558. The molecule has 0 aliphatic carbocycles. The largest absolute Gasteiger partial charge is 0.339 e. The average molecular weight is 424 g/mol. The molecule has 0 bridgehead atoms. The van der Waals surface area contributed by atoms with E-state index in [1.807, 2.05) is 55.7 Å². The minimum absolute atomic E-state index is 0.0101. The Bertz CT molecular complexity index is 998. The SMILES string of the molecule is CCN(CC)C(=O)c1ccc(NC(=O)CSc2nnc(C)n2-c2ccccc2)cc1. The van der Waals surface area contributed by atoms with E-state index >= 15 is 0 Å². The van der Waals surface area contributed by atoms with E-state index in [1.165, 1.54) is 11.8 Å². The normalized spacial score (nSPS) is 10.6. The summed E-state index contributed by atoms with van der Waals surface area (Å²) in [7, 11) is 0. The number of amides is 2. The highest BCUT2D eigenvalue weighted by Crippen LogP contribution is 2.22. The number of hydrogen-bond donors (Lipinski definition) is 1. The van der Waals surface area contributed by atoms with Crippen LogP contribution in [0.2, 0.25) is 0 Å². The van der Waals surface area contributed by atoms with Crippen LogP contribution in [0.4, 0.5) is 5.69 Å². The van der Waals surface area contributed by atoms with Gasteiger partial charge < -0.3 is 10.2 Å². The number of nitrogens with zero attached hydrogens (tertiary/aromatic N) is 4. The van der Waals surface area contributed by atoms with Gasteiger partial charge in [0.2, 0.25) is 5.91 Å².